The zero-order valence-electron chi connectivity index (χ0n) is 15.5. The fourth-order valence-corrected chi connectivity index (χ4v) is 4.66. The van der Waals surface area contributed by atoms with E-state index in [-0.39, 0.29) is 17.9 Å². The molecule has 0 radical (unpaired) electrons. The average Bonchev–Trinajstić information content (AvgIpc) is 3.17. The molecule has 1 aliphatic carbocycles. The maximum absolute atomic E-state index is 12.5. The lowest BCUT2D eigenvalue weighted by atomic mass is 9.84. The molecule has 2 amide bonds. The van der Waals surface area contributed by atoms with Crippen molar-refractivity contribution in [2.75, 3.05) is 6.54 Å². The summed E-state index contributed by atoms with van der Waals surface area (Å²) in [5, 5.41) is 11.2. The van der Waals surface area contributed by atoms with Crippen LogP contribution in [-0.2, 0) is 11.8 Å². The number of amides is 2. The number of nitrogens with two attached hydrogens (primary N) is 1. The lowest BCUT2D eigenvalue weighted by molar-refractivity contribution is -0.123. The first-order valence-electron chi connectivity index (χ1n) is 9.15. The number of aromatic nitrogens is 2. The van der Waals surface area contributed by atoms with Crippen LogP contribution in [0.2, 0.25) is 0 Å². The van der Waals surface area contributed by atoms with Crippen LogP contribution in [0, 0.1) is 12.8 Å². The summed E-state index contributed by atoms with van der Waals surface area (Å²) in [6, 6.07) is 1.36. The highest BCUT2D eigenvalue weighted by molar-refractivity contribution is 7.20. The van der Waals surface area contributed by atoms with Crippen LogP contribution in [0.5, 0.6) is 0 Å². The van der Waals surface area contributed by atoms with E-state index in [1.807, 2.05) is 20.0 Å². The highest BCUT2D eigenvalue weighted by Gasteiger charge is 2.27. The molecule has 0 aromatic carbocycles. The van der Waals surface area contributed by atoms with Crippen molar-refractivity contribution in [2.24, 2.45) is 18.7 Å². The highest BCUT2D eigenvalue weighted by Crippen LogP contribution is 2.27. The van der Waals surface area contributed by atoms with Crippen LogP contribution < -0.4 is 16.4 Å². The second kappa shape index (κ2) is 7.75. The first-order valence-corrected chi connectivity index (χ1v) is 9.96. The van der Waals surface area contributed by atoms with E-state index >= 15 is 0 Å². The lowest BCUT2D eigenvalue weighted by Gasteiger charge is -2.32. The maximum atomic E-state index is 12.5. The van der Waals surface area contributed by atoms with E-state index in [1.54, 1.807) is 11.6 Å². The van der Waals surface area contributed by atoms with Crippen molar-refractivity contribution in [1.29, 1.82) is 0 Å². The molecule has 1 aliphatic rings. The van der Waals surface area contributed by atoms with Gasteiger partial charge in [0.05, 0.1) is 10.6 Å². The molecule has 3 unspecified atom stereocenters. The molecule has 26 heavy (non-hydrogen) atoms. The lowest BCUT2D eigenvalue weighted by Crippen LogP contribution is -2.51. The van der Waals surface area contributed by atoms with Gasteiger partial charge in [0.1, 0.15) is 10.9 Å². The Bertz CT molecular complexity index is 777. The summed E-state index contributed by atoms with van der Waals surface area (Å²) in [5.41, 5.74) is 6.72. The number of fused-ring (bicyclic) bond motifs is 1. The Kier molecular flexibility index (Phi) is 5.62. The quantitative estimate of drug-likeness (QED) is 0.738. The van der Waals surface area contributed by atoms with Gasteiger partial charge in [0, 0.05) is 18.5 Å². The van der Waals surface area contributed by atoms with E-state index in [9.17, 15) is 9.59 Å². The molecule has 7 nitrogen and oxygen atoms in total. The van der Waals surface area contributed by atoms with Crippen molar-refractivity contribution in [1.82, 2.24) is 20.4 Å². The third kappa shape index (κ3) is 3.76. The van der Waals surface area contributed by atoms with Crippen LogP contribution in [0.15, 0.2) is 6.07 Å². The predicted octanol–water partition coefficient (Wildman–Crippen LogP) is 1.70. The van der Waals surface area contributed by atoms with Crippen molar-refractivity contribution in [2.45, 2.75) is 51.6 Å². The molecule has 1 fully saturated rings. The smallest absolute Gasteiger partial charge is 0.262 e. The number of carbonyl (C=O) groups excluding carboxylic acids is 2. The second-order valence-corrected chi connectivity index (χ2v) is 8.16. The zero-order valence-corrected chi connectivity index (χ0v) is 16.4. The Morgan fingerprint density at radius 1 is 1.42 bits per heavy atom. The van der Waals surface area contributed by atoms with Crippen molar-refractivity contribution in [3.63, 3.8) is 0 Å². The van der Waals surface area contributed by atoms with Gasteiger partial charge in [-0.15, -0.1) is 11.3 Å². The Hall–Kier alpha value is -1.93. The normalized spacial score (nSPS) is 21.5. The Balaban J connectivity index is 1.62. The summed E-state index contributed by atoms with van der Waals surface area (Å²) in [6.07, 6.45) is 4.28. The molecule has 2 aromatic heterocycles. The predicted molar refractivity (Wildman–Crippen MR) is 103 cm³/mol. The molecule has 142 valence electrons. The highest BCUT2D eigenvalue weighted by atomic mass is 32.1. The monoisotopic (exact) mass is 377 g/mol. The van der Waals surface area contributed by atoms with Crippen LogP contribution in [-0.4, -0.2) is 40.2 Å². The fraction of sp³-hybridized carbons (Fsp3) is 0.611. The van der Waals surface area contributed by atoms with Crippen molar-refractivity contribution >= 4 is 33.4 Å². The summed E-state index contributed by atoms with van der Waals surface area (Å²) in [4.78, 5) is 26.6. The Labute approximate surface area is 157 Å². The molecular formula is C18H27N5O2S. The number of hydrogen-bond acceptors (Lipinski definition) is 5. The molecule has 0 aliphatic heterocycles. The Morgan fingerprint density at radius 3 is 2.85 bits per heavy atom. The van der Waals surface area contributed by atoms with Crippen LogP contribution in [0.25, 0.3) is 10.2 Å². The first-order chi connectivity index (χ1) is 12.4. The van der Waals surface area contributed by atoms with Crippen molar-refractivity contribution in [3.8, 4) is 0 Å². The van der Waals surface area contributed by atoms with Gasteiger partial charge in [0.15, 0.2) is 0 Å². The topological polar surface area (TPSA) is 102 Å². The van der Waals surface area contributed by atoms with Crippen molar-refractivity contribution < 1.29 is 9.59 Å². The van der Waals surface area contributed by atoms with E-state index in [0.29, 0.717) is 17.3 Å². The van der Waals surface area contributed by atoms with E-state index < -0.39 is 6.04 Å². The second-order valence-electron chi connectivity index (χ2n) is 7.13. The van der Waals surface area contributed by atoms with Crippen LogP contribution in [0.3, 0.4) is 0 Å². The average molecular weight is 378 g/mol. The number of nitrogens with one attached hydrogen (secondary N) is 2. The van der Waals surface area contributed by atoms with Gasteiger partial charge in [-0.3, -0.25) is 14.3 Å². The van der Waals surface area contributed by atoms with Gasteiger partial charge in [0.2, 0.25) is 5.91 Å². The molecule has 8 heteroatoms. The zero-order chi connectivity index (χ0) is 18.8. The van der Waals surface area contributed by atoms with Gasteiger partial charge in [0.25, 0.3) is 5.91 Å². The molecule has 2 aromatic rings. The maximum Gasteiger partial charge on any atom is 0.262 e. The molecule has 3 rings (SSSR count). The number of hydrogen-bond donors (Lipinski definition) is 3. The van der Waals surface area contributed by atoms with E-state index in [2.05, 4.69) is 15.7 Å². The molecule has 1 saturated carbocycles. The minimum atomic E-state index is -0.590. The molecule has 4 N–H and O–H groups in total. The van der Waals surface area contributed by atoms with E-state index in [1.165, 1.54) is 17.8 Å². The standard InChI is InChI=1S/C18H27N5O2S/c1-10-13-8-15(26-18(13)23(3)22-10)17(25)20-11(2)16(24)21-14-7-5-4-6-12(14)9-19/h8,11-12,14H,4-7,9,19H2,1-3H3,(H,20,25)(H,21,24). The summed E-state index contributed by atoms with van der Waals surface area (Å²) < 4.78 is 1.78. The molecule has 0 bridgehead atoms. The largest absolute Gasteiger partial charge is 0.351 e. The van der Waals surface area contributed by atoms with Gasteiger partial charge < -0.3 is 16.4 Å². The number of nitrogens with zero attached hydrogens (tertiary/aromatic N) is 2. The molecule has 0 saturated heterocycles. The van der Waals surface area contributed by atoms with Gasteiger partial charge in [-0.1, -0.05) is 12.8 Å². The number of aryl methyl sites for hydroxylation is 2. The molecular weight excluding hydrogens is 350 g/mol. The minimum Gasteiger partial charge on any atom is -0.351 e. The molecule has 0 spiro atoms. The fourth-order valence-electron chi connectivity index (χ4n) is 3.64. The van der Waals surface area contributed by atoms with Gasteiger partial charge in [-0.05, 0) is 45.2 Å². The number of thiophene rings is 1. The van der Waals surface area contributed by atoms with Gasteiger partial charge in [-0.2, -0.15) is 5.10 Å². The van der Waals surface area contributed by atoms with Crippen LogP contribution >= 0.6 is 11.3 Å². The van der Waals surface area contributed by atoms with Crippen LogP contribution in [0.1, 0.15) is 48.0 Å². The number of rotatable bonds is 5. The summed E-state index contributed by atoms with van der Waals surface area (Å²) in [6.45, 7) is 4.22. The summed E-state index contributed by atoms with van der Waals surface area (Å²) in [5.74, 6) is -0.0522. The molecule has 3 atom stereocenters. The van der Waals surface area contributed by atoms with Crippen LogP contribution in [0.4, 0.5) is 0 Å². The summed E-state index contributed by atoms with van der Waals surface area (Å²) >= 11 is 1.39. The molecule has 2 heterocycles. The third-order valence-corrected chi connectivity index (χ3v) is 6.40. The SMILES string of the molecule is Cc1nn(C)c2sc(C(=O)NC(C)C(=O)NC3CCCCC3CN)cc12. The van der Waals surface area contributed by atoms with Crippen molar-refractivity contribution in [3.05, 3.63) is 16.6 Å². The summed E-state index contributed by atoms with van der Waals surface area (Å²) in [7, 11) is 1.86. The van der Waals surface area contributed by atoms with E-state index in [0.717, 1.165) is 35.2 Å². The van der Waals surface area contributed by atoms with Gasteiger partial charge in [-0.25, -0.2) is 0 Å². The third-order valence-electron chi connectivity index (χ3n) is 5.20. The van der Waals surface area contributed by atoms with E-state index in [4.69, 9.17) is 5.73 Å². The number of carbonyl (C=O) groups is 2. The van der Waals surface area contributed by atoms with Gasteiger partial charge >= 0.3 is 0 Å². The Morgan fingerprint density at radius 2 is 2.15 bits per heavy atom. The first kappa shape index (κ1) is 18.8. The minimum absolute atomic E-state index is 0.110.